The molecule has 0 saturated heterocycles. The minimum Gasteiger partial charge on any atom is -0.319 e. The van der Waals surface area contributed by atoms with Crippen LogP contribution in [0.25, 0.3) is 0 Å². The average molecular weight is 235 g/mol. The lowest BCUT2D eigenvalue weighted by Crippen LogP contribution is -2.18. The summed E-state index contributed by atoms with van der Waals surface area (Å²) in [5.41, 5.74) is 5.42. The molecular weight excluding hydrogens is 224 g/mol. The molecule has 84 valence electrons. The molecule has 0 amide bonds. The van der Waals surface area contributed by atoms with Crippen molar-refractivity contribution in [2.75, 3.05) is 6.26 Å². The predicted octanol–water partition coefficient (Wildman–Crippen LogP) is 1.36. The second kappa shape index (κ2) is 4.24. The van der Waals surface area contributed by atoms with Crippen molar-refractivity contribution in [3.63, 3.8) is 0 Å². The Labute approximate surface area is 86.8 Å². The highest BCUT2D eigenvalue weighted by molar-refractivity contribution is 7.90. The maximum absolute atomic E-state index is 12.2. The Hall–Kier alpha value is -1.01. The third-order valence-electron chi connectivity index (χ3n) is 1.96. The molecule has 2 N–H and O–H groups in total. The molecular formula is C9H11F2NO2S. The van der Waals surface area contributed by atoms with Gasteiger partial charge in [0, 0.05) is 6.26 Å². The zero-order chi connectivity index (χ0) is 11.6. The van der Waals surface area contributed by atoms with Gasteiger partial charge in [0.2, 0.25) is 0 Å². The Kier molecular flexibility index (Phi) is 3.41. The van der Waals surface area contributed by atoms with E-state index < -0.39 is 22.3 Å². The topological polar surface area (TPSA) is 60.2 Å². The Morgan fingerprint density at radius 2 is 1.67 bits per heavy atom. The number of nitrogens with two attached hydrogens (primary N) is 1. The molecule has 0 heterocycles. The van der Waals surface area contributed by atoms with Gasteiger partial charge in [-0.2, -0.15) is 0 Å². The van der Waals surface area contributed by atoms with E-state index in [9.17, 15) is 17.2 Å². The fourth-order valence-electron chi connectivity index (χ4n) is 1.08. The van der Waals surface area contributed by atoms with Gasteiger partial charge >= 0.3 is 0 Å². The second-order valence-corrected chi connectivity index (χ2v) is 5.22. The molecule has 0 radical (unpaired) electrons. The van der Waals surface area contributed by atoms with Gasteiger partial charge in [-0.3, -0.25) is 0 Å². The summed E-state index contributed by atoms with van der Waals surface area (Å²) in [6, 6.07) is 3.76. The van der Waals surface area contributed by atoms with Crippen LogP contribution in [0.2, 0.25) is 0 Å². The van der Waals surface area contributed by atoms with E-state index in [2.05, 4.69) is 0 Å². The predicted molar refractivity (Wildman–Crippen MR) is 52.5 cm³/mol. The fourth-order valence-corrected chi connectivity index (χ4v) is 1.71. The summed E-state index contributed by atoms with van der Waals surface area (Å²) < 4.78 is 46.5. The molecule has 0 aliphatic carbocycles. The van der Waals surface area contributed by atoms with Crippen LogP contribution in [0.15, 0.2) is 29.2 Å². The number of hydrogen-bond acceptors (Lipinski definition) is 3. The molecule has 0 aromatic heterocycles. The van der Waals surface area contributed by atoms with Crippen molar-refractivity contribution < 1.29 is 17.2 Å². The molecule has 0 aliphatic rings. The maximum Gasteiger partial charge on any atom is 0.257 e. The summed E-state index contributed by atoms with van der Waals surface area (Å²) >= 11 is 0. The number of halogens is 2. The molecule has 0 bridgehead atoms. The highest BCUT2D eigenvalue weighted by Gasteiger charge is 2.17. The van der Waals surface area contributed by atoms with Crippen LogP contribution in [0.3, 0.4) is 0 Å². The summed E-state index contributed by atoms with van der Waals surface area (Å²) in [4.78, 5) is 0.0905. The highest BCUT2D eigenvalue weighted by atomic mass is 32.2. The fraction of sp³-hybridized carbons (Fsp3) is 0.333. The Morgan fingerprint density at radius 1 is 1.20 bits per heavy atom. The number of rotatable bonds is 3. The Morgan fingerprint density at radius 3 is 2.00 bits per heavy atom. The van der Waals surface area contributed by atoms with Gasteiger partial charge in [0.15, 0.2) is 9.84 Å². The van der Waals surface area contributed by atoms with Crippen LogP contribution in [-0.2, 0) is 9.84 Å². The molecule has 1 unspecified atom stereocenters. The van der Waals surface area contributed by atoms with Crippen LogP contribution in [0, 0.1) is 0 Å². The number of alkyl halides is 2. The number of hydrogen-bond donors (Lipinski definition) is 1. The minimum atomic E-state index is -3.29. The Balaban J connectivity index is 3.01. The van der Waals surface area contributed by atoms with E-state index in [-0.39, 0.29) is 10.5 Å². The van der Waals surface area contributed by atoms with Crippen LogP contribution in [0.5, 0.6) is 0 Å². The normalized spacial score (nSPS) is 14.2. The first kappa shape index (κ1) is 12.1. The van der Waals surface area contributed by atoms with Gasteiger partial charge in [0.1, 0.15) is 0 Å². The van der Waals surface area contributed by atoms with Crippen LogP contribution >= 0.6 is 0 Å². The Bertz CT molecular complexity index is 428. The monoisotopic (exact) mass is 235 g/mol. The largest absolute Gasteiger partial charge is 0.319 e. The average Bonchev–Trinajstić information content (AvgIpc) is 2.15. The lowest BCUT2D eigenvalue weighted by molar-refractivity contribution is 0.116. The molecule has 1 rings (SSSR count). The number of benzene rings is 1. The number of sulfone groups is 1. The maximum atomic E-state index is 12.2. The lowest BCUT2D eigenvalue weighted by atomic mass is 10.1. The van der Waals surface area contributed by atoms with Gasteiger partial charge in [0.05, 0.1) is 10.9 Å². The van der Waals surface area contributed by atoms with E-state index in [4.69, 9.17) is 5.73 Å². The zero-order valence-corrected chi connectivity index (χ0v) is 8.84. The van der Waals surface area contributed by atoms with E-state index in [0.29, 0.717) is 0 Å². The molecule has 0 spiro atoms. The zero-order valence-electron chi connectivity index (χ0n) is 8.02. The minimum absolute atomic E-state index is 0.0905. The molecule has 3 nitrogen and oxygen atoms in total. The van der Waals surface area contributed by atoms with Gasteiger partial charge in [-0.05, 0) is 17.7 Å². The standard InChI is InChI=1S/C9H11F2NO2S/c1-15(13,14)7-4-2-6(3-5-7)8(12)9(10)11/h2-5,8-9H,12H2,1H3. The smallest absolute Gasteiger partial charge is 0.257 e. The van der Waals surface area contributed by atoms with Crippen LogP contribution in [0.1, 0.15) is 11.6 Å². The van der Waals surface area contributed by atoms with E-state index in [1.165, 1.54) is 24.3 Å². The third-order valence-corrected chi connectivity index (χ3v) is 3.09. The van der Waals surface area contributed by atoms with E-state index in [1.807, 2.05) is 0 Å². The van der Waals surface area contributed by atoms with Crippen molar-refractivity contribution >= 4 is 9.84 Å². The molecule has 6 heteroatoms. The molecule has 1 atom stereocenters. The first-order valence-electron chi connectivity index (χ1n) is 4.16. The van der Waals surface area contributed by atoms with Crippen molar-refractivity contribution in [2.45, 2.75) is 17.4 Å². The van der Waals surface area contributed by atoms with Gasteiger partial charge in [0.25, 0.3) is 6.43 Å². The molecule has 0 fully saturated rings. The molecule has 0 saturated carbocycles. The van der Waals surface area contributed by atoms with E-state index in [0.717, 1.165) is 6.26 Å². The van der Waals surface area contributed by atoms with E-state index in [1.54, 1.807) is 0 Å². The van der Waals surface area contributed by atoms with Crippen LogP contribution in [0.4, 0.5) is 8.78 Å². The summed E-state index contributed by atoms with van der Waals surface area (Å²) in [7, 11) is -3.29. The summed E-state index contributed by atoms with van der Waals surface area (Å²) in [6.45, 7) is 0. The summed E-state index contributed by atoms with van der Waals surface area (Å²) in [5.74, 6) is 0. The van der Waals surface area contributed by atoms with Crippen molar-refractivity contribution in [3.05, 3.63) is 29.8 Å². The lowest BCUT2D eigenvalue weighted by Gasteiger charge is -2.10. The summed E-state index contributed by atoms with van der Waals surface area (Å²) in [6.07, 6.45) is -1.61. The first-order chi connectivity index (χ1) is 6.82. The summed E-state index contributed by atoms with van der Waals surface area (Å²) in [5, 5.41) is 0. The van der Waals surface area contributed by atoms with Gasteiger partial charge < -0.3 is 5.73 Å². The van der Waals surface area contributed by atoms with Gasteiger partial charge in [-0.15, -0.1) is 0 Å². The SMILES string of the molecule is CS(=O)(=O)c1ccc(C(N)C(F)F)cc1. The van der Waals surface area contributed by atoms with Crippen LogP contribution < -0.4 is 5.73 Å². The van der Waals surface area contributed by atoms with Crippen molar-refractivity contribution in [3.8, 4) is 0 Å². The third kappa shape index (κ3) is 2.97. The quantitative estimate of drug-likeness (QED) is 0.860. The first-order valence-corrected chi connectivity index (χ1v) is 6.05. The second-order valence-electron chi connectivity index (χ2n) is 3.20. The van der Waals surface area contributed by atoms with Crippen LogP contribution in [-0.4, -0.2) is 21.1 Å². The molecule has 1 aromatic carbocycles. The molecule has 0 aliphatic heterocycles. The van der Waals surface area contributed by atoms with Gasteiger partial charge in [-0.1, -0.05) is 12.1 Å². The molecule has 15 heavy (non-hydrogen) atoms. The van der Waals surface area contributed by atoms with E-state index >= 15 is 0 Å². The van der Waals surface area contributed by atoms with Crippen molar-refractivity contribution in [2.24, 2.45) is 5.73 Å². The molecule has 1 aromatic rings. The van der Waals surface area contributed by atoms with Crippen molar-refractivity contribution in [1.29, 1.82) is 0 Å². The van der Waals surface area contributed by atoms with Gasteiger partial charge in [-0.25, -0.2) is 17.2 Å². The van der Waals surface area contributed by atoms with Crippen molar-refractivity contribution in [1.82, 2.24) is 0 Å². The highest BCUT2D eigenvalue weighted by Crippen LogP contribution is 2.19.